The number of thiophene rings is 2. The molecule has 0 unspecified atom stereocenters. The Labute approximate surface area is 166 Å². The first-order valence-corrected chi connectivity index (χ1v) is 11.5. The average Bonchev–Trinajstić information content (AvgIpc) is 3.25. The minimum absolute atomic E-state index is 0.166. The molecule has 0 bridgehead atoms. The third-order valence-corrected chi connectivity index (χ3v) is 8.93. The molecule has 5 heteroatoms. The van der Waals surface area contributed by atoms with Gasteiger partial charge < -0.3 is 0 Å². The van der Waals surface area contributed by atoms with Crippen LogP contribution in [0.5, 0.6) is 0 Å². The monoisotopic (exact) mass is 410 g/mol. The maximum Gasteiger partial charge on any atom is 0.288 e. The third-order valence-electron chi connectivity index (χ3n) is 4.57. The molecule has 26 heavy (non-hydrogen) atoms. The van der Waals surface area contributed by atoms with Gasteiger partial charge in [0.25, 0.3) is 4.06 Å². The molecule has 0 aliphatic rings. The molecule has 0 radical (unpaired) electrons. The van der Waals surface area contributed by atoms with Crippen LogP contribution < -0.4 is 4.06 Å². The zero-order valence-electron chi connectivity index (χ0n) is 14.2. The topological polar surface area (TPSA) is 17.1 Å². The van der Waals surface area contributed by atoms with E-state index in [1.54, 1.807) is 0 Å². The maximum absolute atomic E-state index is 12.4. The summed E-state index contributed by atoms with van der Waals surface area (Å²) in [6.45, 7) is 4.33. The number of hydrogen-bond acceptors (Lipinski definition) is 5. The van der Waals surface area contributed by atoms with Crippen LogP contribution >= 0.6 is 45.3 Å². The Hall–Kier alpha value is -1.79. The lowest BCUT2D eigenvalue weighted by Crippen LogP contribution is -1.80. The lowest BCUT2D eigenvalue weighted by atomic mass is 10.0. The van der Waals surface area contributed by atoms with E-state index in [0.717, 1.165) is 9.75 Å². The summed E-state index contributed by atoms with van der Waals surface area (Å²) in [6, 6.07) is 17.0. The number of benzene rings is 2. The second-order valence-corrected chi connectivity index (χ2v) is 10.9. The molecular weight excluding hydrogens is 396 g/mol. The highest BCUT2D eigenvalue weighted by Gasteiger charge is 2.22. The third kappa shape index (κ3) is 2.42. The highest BCUT2D eigenvalue weighted by atomic mass is 32.2. The first kappa shape index (κ1) is 16.4. The predicted octanol–water partition coefficient (Wildman–Crippen LogP) is 7.55. The predicted molar refractivity (Wildman–Crippen MR) is 120 cm³/mol. The van der Waals surface area contributed by atoms with E-state index in [9.17, 15) is 4.79 Å². The van der Waals surface area contributed by atoms with E-state index in [2.05, 4.69) is 62.4 Å². The molecule has 1 nitrogen and oxygen atoms in total. The van der Waals surface area contributed by atoms with Gasteiger partial charge in [0.2, 0.25) is 0 Å². The van der Waals surface area contributed by atoms with Gasteiger partial charge in [-0.2, -0.15) is 0 Å². The van der Waals surface area contributed by atoms with Crippen molar-refractivity contribution in [1.82, 2.24) is 0 Å². The van der Waals surface area contributed by atoms with Crippen molar-refractivity contribution >= 4 is 65.5 Å². The molecule has 0 aliphatic heterocycles. The minimum Gasteiger partial charge on any atom is -0.265 e. The van der Waals surface area contributed by atoms with Gasteiger partial charge in [-0.05, 0) is 26.0 Å². The molecule has 3 aromatic heterocycles. The molecule has 2 aromatic carbocycles. The Morgan fingerprint density at radius 2 is 1.04 bits per heavy atom. The second-order valence-electron chi connectivity index (χ2n) is 6.17. The summed E-state index contributed by atoms with van der Waals surface area (Å²) in [5.74, 6) is 0. The summed E-state index contributed by atoms with van der Waals surface area (Å²) >= 11 is 6.40. The van der Waals surface area contributed by atoms with Crippen LogP contribution in [-0.2, 0) is 0 Å². The Morgan fingerprint density at radius 1 is 0.615 bits per heavy atom. The van der Waals surface area contributed by atoms with E-state index in [1.165, 1.54) is 63.7 Å². The molecule has 0 spiro atoms. The van der Waals surface area contributed by atoms with Crippen molar-refractivity contribution in [1.29, 1.82) is 0 Å². The SMILES string of the molecule is Cc1sc2ccccc2c1-c1sc(=O)sc1-c1c(C)sc2ccccc12. The number of fused-ring (bicyclic) bond motifs is 2. The summed E-state index contributed by atoms with van der Waals surface area (Å²) in [6.07, 6.45) is 0. The van der Waals surface area contributed by atoms with E-state index in [4.69, 9.17) is 0 Å². The van der Waals surface area contributed by atoms with Gasteiger partial charge >= 0.3 is 0 Å². The van der Waals surface area contributed by atoms with E-state index in [-0.39, 0.29) is 4.06 Å². The van der Waals surface area contributed by atoms with Crippen LogP contribution in [0.2, 0.25) is 0 Å². The standard InChI is InChI=1S/C21H14OS4/c1-11-17(13-7-3-5-9-15(13)23-11)19-20(26-21(22)25-19)18-12(2)24-16-10-6-4-8-14(16)18/h3-10H,1-2H3. The van der Waals surface area contributed by atoms with Crippen LogP contribution in [0.4, 0.5) is 0 Å². The van der Waals surface area contributed by atoms with Crippen molar-refractivity contribution in [2.45, 2.75) is 13.8 Å². The Morgan fingerprint density at radius 3 is 1.50 bits per heavy atom. The van der Waals surface area contributed by atoms with Crippen LogP contribution in [0.1, 0.15) is 9.75 Å². The highest BCUT2D eigenvalue weighted by molar-refractivity contribution is 7.33. The molecule has 128 valence electrons. The largest absolute Gasteiger partial charge is 0.288 e. The van der Waals surface area contributed by atoms with E-state index in [0.29, 0.717) is 0 Å². The van der Waals surface area contributed by atoms with Crippen LogP contribution in [0.25, 0.3) is 41.1 Å². The highest BCUT2D eigenvalue weighted by Crippen LogP contribution is 2.49. The Balaban J connectivity index is 1.87. The second kappa shape index (κ2) is 6.13. The van der Waals surface area contributed by atoms with Gasteiger partial charge in [-0.25, -0.2) is 0 Å². The molecule has 0 fully saturated rings. The lowest BCUT2D eigenvalue weighted by molar-refractivity contribution is 1.63. The van der Waals surface area contributed by atoms with Crippen molar-refractivity contribution in [3.8, 4) is 20.9 Å². The van der Waals surface area contributed by atoms with Gasteiger partial charge in [0.1, 0.15) is 0 Å². The summed E-state index contributed by atoms with van der Waals surface area (Å²) in [4.78, 5) is 17.2. The van der Waals surface area contributed by atoms with Gasteiger partial charge in [-0.3, -0.25) is 4.79 Å². The smallest absolute Gasteiger partial charge is 0.265 e. The Bertz CT molecular complexity index is 1230. The van der Waals surface area contributed by atoms with Crippen molar-refractivity contribution in [2.75, 3.05) is 0 Å². The number of rotatable bonds is 2. The molecule has 0 N–H and O–H groups in total. The number of hydrogen-bond donors (Lipinski definition) is 0. The van der Waals surface area contributed by atoms with Gasteiger partial charge in [-0.1, -0.05) is 59.1 Å². The van der Waals surface area contributed by atoms with Crippen molar-refractivity contribution in [2.24, 2.45) is 0 Å². The van der Waals surface area contributed by atoms with Gasteiger partial charge in [0.05, 0.1) is 9.75 Å². The normalized spacial score (nSPS) is 11.6. The molecule has 5 rings (SSSR count). The zero-order chi connectivity index (χ0) is 17.8. The fraction of sp³-hybridized carbons (Fsp3) is 0.0952. The van der Waals surface area contributed by atoms with Crippen molar-refractivity contribution in [3.05, 3.63) is 67.1 Å². The molecule has 0 aliphatic carbocycles. The first-order valence-electron chi connectivity index (χ1n) is 8.24. The molecular formula is C21H14OS4. The summed E-state index contributed by atoms with van der Waals surface area (Å²) in [5.41, 5.74) is 2.47. The van der Waals surface area contributed by atoms with Gasteiger partial charge in [0, 0.05) is 41.1 Å². The van der Waals surface area contributed by atoms with Gasteiger partial charge in [0.15, 0.2) is 0 Å². The maximum atomic E-state index is 12.4. The van der Waals surface area contributed by atoms with E-state index >= 15 is 0 Å². The molecule has 0 saturated heterocycles. The van der Waals surface area contributed by atoms with E-state index < -0.39 is 0 Å². The lowest BCUT2D eigenvalue weighted by Gasteiger charge is -2.05. The first-order chi connectivity index (χ1) is 12.6. The molecule has 5 aromatic rings. The van der Waals surface area contributed by atoms with Crippen LogP contribution in [0, 0.1) is 13.8 Å². The van der Waals surface area contributed by atoms with Crippen molar-refractivity contribution < 1.29 is 0 Å². The minimum atomic E-state index is 0.166. The fourth-order valence-corrected chi connectivity index (χ4v) is 8.15. The average molecular weight is 411 g/mol. The summed E-state index contributed by atoms with van der Waals surface area (Å²) in [5, 5.41) is 2.50. The summed E-state index contributed by atoms with van der Waals surface area (Å²) < 4.78 is 2.73. The van der Waals surface area contributed by atoms with Crippen molar-refractivity contribution in [3.63, 3.8) is 0 Å². The van der Waals surface area contributed by atoms with Crippen LogP contribution in [0.3, 0.4) is 0 Å². The van der Waals surface area contributed by atoms with E-state index in [1.807, 2.05) is 22.7 Å². The van der Waals surface area contributed by atoms with Gasteiger partial charge in [-0.15, -0.1) is 22.7 Å². The molecule has 3 heterocycles. The molecule has 0 atom stereocenters. The zero-order valence-corrected chi connectivity index (χ0v) is 17.4. The Kier molecular flexibility index (Phi) is 3.87. The number of aryl methyl sites for hydroxylation is 2. The van der Waals surface area contributed by atoms with Crippen LogP contribution in [-0.4, -0.2) is 0 Å². The van der Waals surface area contributed by atoms with Crippen LogP contribution in [0.15, 0.2) is 53.3 Å². The fourth-order valence-electron chi connectivity index (χ4n) is 3.51. The molecule has 0 amide bonds. The quantitative estimate of drug-likeness (QED) is 0.293. The summed E-state index contributed by atoms with van der Waals surface area (Å²) in [7, 11) is 0. The molecule has 0 saturated carbocycles.